The summed E-state index contributed by atoms with van der Waals surface area (Å²) < 4.78 is 2.01. The molecule has 1 atom stereocenters. The molecule has 0 bridgehead atoms. The van der Waals surface area contributed by atoms with Gasteiger partial charge in [0.05, 0.1) is 5.69 Å². The maximum atomic E-state index is 5.96. The van der Waals surface area contributed by atoms with E-state index in [-0.39, 0.29) is 0 Å². The minimum Gasteiger partial charge on any atom is -0.327 e. The smallest absolute Gasteiger partial charge is 0.0764 e. The van der Waals surface area contributed by atoms with Gasteiger partial charge in [0, 0.05) is 31.4 Å². The summed E-state index contributed by atoms with van der Waals surface area (Å²) in [6.07, 6.45) is 4.44. The third kappa shape index (κ3) is 2.83. The zero-order valence-electron chi connectivity index (χ0n) is 10.3. The summed E-state index contributed by atoms with van der Waals surface area (Å²) >= 11 is 0. The molecule has 0 aromatic carbocycles. The molecule has 16 heavy (non-hydrogen) atoms. The van der Waals surface area contributed by atoms with E-state index in [1.165, 1.54) is 6.42 Å². The topological polar surface area (TPSA) is 47.1 Å². The second kappa shape index (κ2) is 4.97. The molecule has 1 unspecified atom stereocenters. The monoisotopic (exact) mass is 222 g/mol. The number of aromatic nitrogens is 2. The Morgan fingerprint density at radius 1 is 1.56 bits per heavy atom. The molecular formula is C12H22N4. The van der Waals surface area contributed by atoms with Gasteiger partial charge in [-0.3, -0.25) is 9.58 Å². The van der Waals surface area contributed by atoms with Gasteiger partial charge in [-0.25, -0.2) is 0 Å². The fourth-order valence-electron chi connectivity index (χ4n) is 2.21. The van der Waals surface area contributed by atoms with Crippen LogP contribution >= 0.6 is 0 Å². The molecule has 0 saturated carbocycles. The van der Waals surface area contributed by atoms with Crippen molar-refractivity contribution in [1.82, 2.24) is 14.7 Å². The highest BCUT2D eigenvalue weighted by Gasteiger charge is 2.17. The lowest BCUT2D eigenvalue weighted by molar-refractivity contribution is 0.199. The van der Waals surface area contributed by atoms with E-state index in [1.807, 2.05) is 4.68 Å². The van der Waals surface area contributed by atoms with Crippen LogP contribution < -0.4 is 5.73 Å². The minimum absolute atomic E-state index is 0.348. The van der Waals surface area contributed by atoms with Gasteiger partial charge in [-0.2, -0.15) is 5.10 Å². The van der Waals surface area contributed by atoms with E-state index in [0.29, 0.717) is 12.1 Å². The van der Waals surface area contributed by atoms with Gasteiger partial charge in [0.15, 0.2) is 0 Å². The summed E-state index contributed by atoms with van der Waals surface area (Å²) in [5, 5.41) is 4.56. The molecular weight excluding hydrogens is 200 g/mol. The van der Waals surface area contributed by atoms with Crippen LogP contribution in [0.3, 0.4) is 0 Å². The average Bonchev–Trinajstić information content (AvgIpc) is 2.66. The number of nitrogens with two attached hydrogens (primary N) is 1. The summed E-state index contributed by atoms with van der Waals surface area (Å²) in [7, 11) is 0. The predicted molar refractivity (Wildman–Crippen MR) is 65.1 cm³/mol. The Morgan fingerprint density at radius 3 is 3.00 bits per heavy atom. The number of nitrogens with zero attached hydrogens (tertiary/aromatic N) is 3. The van der Waals surface area contributed by atoms with E-state index in [0.717, 1.165) is 31.7 Å². The predicted octanol–water partition coefficient (Wildman–Crippen LogP) is 1.39. The zero-order valence-corrected chi connectivity index (χ0v) is 10.3. The lowest BCUT2D eigenvalue weighted by Crippen LogP contribution is -2.42. The third-order valence-corrected chi connectivity index (χ3v) is 3.12. The number of hydrogen-bond donors (Lipinski definition) is 1. The summed E-state index contributed by atoms with van der Waals surface area (Å²) in [4.78, 5) is 2.40. The van der Waals surface area contributed by atoms with Crippen molar-refractivity contribution >= 4 is 0 Å². The normalized spacial score (nSPS) is 22.9. The van der Waals surface area contributed by atoms with Crippen molar-refractivity contribution in [1.29, 1.82) is 0 Å². The Bertz CT molecular complexity index is 332. The SMILES string of the molecule is CC(C)n1ccc(CN2CCCC(N)C2)n1. The number of rotatable bonds is 3. The fraction of sp³-hybridized carbons (Fsp3) is 0.750. The molecule has 2 rings (SSSR count). The second-order valence-electron chi connectivity index (χ2n) is 5.02. The molecule has 1 aromatic rings. The zero-order chi connectivity index (χ0) is 11.5. The molecule has 4 nitrogen and oxygen atoms in total. The Hall–Kier alpha value is -0.870. The molecule has 1 aliphatic rings. The molecule has 90 valence electrons. The van der Waals surface area contributed by atoms with Crippen molar-refractivity contribution < 1.29 is 0 Å². The summed E-state index contributed by atoms with van der Waals surface area (Å²) in [5.41, 5.74) is 7.12. The molecule has 2 N–H and O–H groups in total. The van der Waals surface area contributed by atoms with Crippen LogP contribution in [0.5, 0.6) is 0 Å². The van der Waals surface area contributed by atoms with Gasteiger partial charge in [0.2, 0.25) is 0 Å². The molecule has 0 aliphatic carbocycles. The highest BCUT2D eigenvalue weighted by Crippen LogP contribution is 2.12. The van der Waals surface area contributed by atoms with Crippen LogP contribution in [0.1, 0.15) is 38.4 Å². The van der Waals surface area contributed by atoms with Crippen molar-refractivity contribution in [3.8, 4) is 0 Å². The van der Waals surface area contributed by atoms with E-state index >= 15 is 0 Å². The van der Waals surface area contributed by atoms with E-state index in [4.69, 9.17) is 5.73 Å². The van der Waals surface area contributed by atoms with Crippen molar-refractivity contribution in [3.05, 3.63) is 18.0 Å². The third-order valence-electron chi connectivity index (χ3n) is 3.12. The van der Waals surface area contributed by atoms with E-state index in [1.54, 1.807) is 0 Å². The first-order chi connectivity index (χ1) is 7.65. The van der Waals surface area contributed by atoms with Gasteiger partial charge in [0.25, 0.3) is 0 Å². The Morgan fingerprint density at radius 2 is 2.38 bits per heavy atom. The van der Waals surface area contributed by atoms with E-state index < -0.39 is 0 Å². The van der Waals surface area contributed by atoms with E-state index in [2.05, 4.69) is 36.1 Å². The van der Waals surface area contributed by atoms with E-state index in [9.17, 15) is 0 Å². The number of piperidine rings is 1. The lowest BCUT2D eigenvalue weighted by atomic mass is 10.1. The second-order valence-corrected chi connectivity index (χ2v) is 5.02. The lowest BCUT2D eigenvalue weighted by Gasteiger charge is -2.29. The highest BCUT2D eigenvalue weighted by molar-refractivity contribution is 5.00. The van der Waals surface area contributed by atoms with Gasteiger partial charge < -0.3 is 5.73 Å². The first kappa shape index (κ1) is 11.6. The quantitative estimate of drug-likeness (QED) is 0.840. The maximum Gasteiger partial charge on any atom is 0.0764 e. The first-order valence-electron chi connectivity index (χ1n) is 6.17. The first-order valence-corrected chi connectivity index (χ1v) is 6.17. The molecule has 1 aromatic heterocycles. The van der Waals surface area contributed by atoms with Crippen LogP contribution in [0, 0.1) is 0 Å². The standard InChI is InChI=1S/C12H22N4/c1-10(2)16-7-5-12(14-16)9-15-6-3-4-11(13)8-15/h5,7,10-11H,3-4,6,8-9,13H2,1-2H3. The molecule has 1 fully saturated rings. The Kier molecular flexibility index (Phi) is 3.61. The molecule has 2 heterocycles. The van der Waals surface area contributed by atoms with Gasteiger partial charge in [-0.05, 0) is 39.3 Å². The maximum absolute atomic E-state index is 5.96. The van der Waals surface area contributed by atoms with Crippen molar-refractivity contribution in [3.63, 3.8) is 0 Å². The van der Waals surface area contributed by atoms with Crippen LogP contribution in [0.2, 0.25) is 0 Å². The van der Waals surface area contributed by atoms with Crippen molar-refractivity contribution in [2.75, 3.05) is 13.1 Å². The Balaban J connectivity index is 1.92. The van der Waals surface area contributed by atoms with Crippen LogP contribution in [-0.2, 0) is 6.54 Å². The summed E-state index contributed by atoms with van der Waals surface area (Å²) in [6, 6.07) is 2.90. The van der Waals surface area contributed by atoms with Gasteiger partial charge in [-0.15, -0.1) is 0 Å². The van der Waals surface area contributed by atoms with Crippen LogP contribution in [0.15, 0.2) is 12.3 Å². The van der Waals surface area contributed by atoms with Crippen LogP contribution in [0.25, 0.3) is 0 Å². The van der Waals surface area contributed by atoms with Crippen molar-refractivity contribution in [2.24, 2.45) is 5.73 Å². The minimum atomic E-state index is 0.348. The molecule has 4 heteroatoms. The van der Waals surface area contributed by atoms with Crippen molar-refractivity contribution in [2.45, 2.75) is 45.3 Å². The highest BCUT2D eigenvalue weighted by atomic mass is 15.3. The largest absolute Gasteiger partial charge is 0.327 e. The van der Waals surface area contributed by atoms with Gasteiger partial charge in [-0.1, -0.05) is 0 Å². The molecule has 0 amide bonds. The van der Waals surface area contributed by atoms with Gasteiger partial charge in [0.1, 0.15) is 0 Å². The fourth-order valence-corrected chi connectivity index (χ4v) is 2.21. The number of likely N-dealkylation sites (tertiary alicyclic amines) is 1. The Labute approximate surface area is 97.4 Å². The molecule has 0 spiro atoms. The molecule has 0 radical (unpaired) electrons. The molecule has 1 saturated heterocycles. The molecule has 1 aliphatic heterocycles. The van der Waals surface area contributed by atoms with Crippen LogP contribution in [0.4, 0.5) is 0 Å². The summed E-state index contributed by atoms with van der Waals surface area (Å²) in [5.74, 6) is 0. The summed E-state index contributed by atoms with van der Waals surface area (Å²) in [6.45, 7) is 7.39. The average molecular weight is 222 g/mol. The van der Waals surface area contributed by atoms with Crippen LogP contribution in [-0.4, -0.2) is 33.8 Å². The number of hydrogen-bond acceptors (Lipinski definition) is 3. The van der Waals surface area contributed by atoms with Gasteiger partial charge >= 0.3 is 0 Å².